The molecule has 8 nitrogen and oxygen atoms in total. The van der Waals surface area contributed by atoms with Crippen LogP contribution < -0.4 is 21.9 Å². The Morgan fingerprint density at radius 3 is 2.54 bits per heavy atom. The van der Waals surface area contributed by atoms with Gasteiger partial charge in [-0.3, -0.25) is 13.9 Å². The van der Waals surface area contributed by atoms with Crippen LogP contribution in [0.15, 0.2) is 21.2 Å². The number of fused-ring (bicyclic) bond motifs is 1. The van der Waals surface area contributed by atoms with E-state index in [1.165, 1.54) is 11.6 Å². The number of allylic oxidation sites excluding steroid dienone is 2. The van der Waals surface area contributed by atoms with Gasteiger partial charge in [0.1, 0.15) is 0 Å². The first-order valence-corrected chi connectivity index (χ1v) is 8.13. The number of nitrogens with two attached hydrogens (primary N) is 1. The molecule has 8 heteroatoms. The molecule has 2 aromatic heterocycles. The number of imidazole rings is 1. The van der Waals surface area contributed by atoms with Crippen LogP contribution in [-0.4, -0.2) is 37.8 Å². The molecule has 1 aliphatic rings. The van der Waals surface area contributed by atoms with E-state index in [2.05, 4.69) is 9.88 Å². The van der Waals surface area contributed by atoms with Gasteiger partial charge in [-0.25, -0.2) is 4.79 Å². The molecule has 0 amide bonds. The highest BCUT2D eigenvalue weighted by atomic mass is 16.2. The van der Waals surface area contributed by atoms with Crippen molar-refractivity contribution >= 4 is 17.1 Å². The Labute approximate surface area is 139 Å². The van der Waals surface area contributed by atoms with Crippen molar-refractivity contribution in [1.29, 1.82) is 0 Å². The molecule has 1 aliphatic heterocycles. The van der Waals surface area contributed by atoms with Crippen molar-refractivity contribution in [3.05, 3.63) is 32.5 Å². The lowest BCUT2D eigenvalue weighted by molar-refractivity contribution is 0.441. The van der Waals surface area contributed by atoms with Gasteiger partial charge in [0.2, 0.25) is 5.95 Å². The third kappa shape index (κ3) is 2.37. The summed E-state index contributed by atoms with van der Waals surface area (Å²) in [5.74, 6) is 0.711. The largest absolute Gasteiger partial charge is 0.338 e. The van der Waals surface area contributed by atoms with Crippen LogP contribution in [0.2, 0.25) is 0 Å². The van der Waals surface area contributed by atoms with E-state index in [0.29, 0.717) is 30.2 Å². The van der Waals surface area contributed by atoms with Gasteiger partial charge in [-0.05, 0) is 20.3 Å². The normalized spacial score (nSPS) is 17.2. The molecule has 0 aromatic carbocycles. The summed E-state index contributed by atoms with van der Waals surface area (Å²) in [6, 6.07) is 0.230. The highest BCUT2D eigenvalue weighted by molar-refractivity contribution is 5.75. The van der Waals surface area contributed by atoms with E-state index in [-0.39, 0.29) is 17.3 Å². The fourth-order valence-corrected chi connectivity index (χ4v) is 3.05. The van der Waals surface area contributed by atoms with Gasteiger partial charge in [0.15, 0.2) is 11.2 Å². The molecule has 24 heavy (non-hydrogen) atoms. The molecule has 3 heterocycles. The van der Waals surface area contributed by atoms with E-state index in [1.807, 2.05) is 24.5 Å². The standard InChI is InChI=1S/C16H24N6O2/c1-10(2)5-7-22-12-13(19(3)16(24)20(4)14(12)23)18-15(22)21-8-6-11(21)9-17/h5,11H,6-9,17H2,1-4H3/t11-/m0/s1. The minimum Gasteiger partial charge on any atom is -0.338 e. The van der Waals surface area contributed by atoms with E-state index in [4.69, 9.17) is 5.73 Å². The Morgan fingerprint density at radius 2 is 2.00 bits per heavy atom. The van der Waals surface area contributed by atoms with E-state index in [9.17, 15) is 9.59 Å². The fraction of sp³-hybridized carbons (Fsp3) is 0.562. The van der Waals surface area contributed by atoms with E-state index >= 15 is 0 Å². The molecule has 0 spiro atoms. The molecule has 2 N–H and O–H groups in total. The molecule has 0 radical (unpaired) electrons. The molecule has 130 valence electrons. The van der Waals surface area contributed by atoms with Crippen molar-refractivity contribution < 1.29 is 0 Å². The number of aromatic nitrogens is 4. The fourth-order valence-electron chi connectivity index (χ4n) is 3.05. The minimum atomic E-state index is -0.370. The smallest absolute Gasteiger partial charge is 0.332 e. The second-order valence-corrected chi connectivity index (χ2v) is 6.55. The first-order chi connectivity index (χ1) is 11.4. The molecule has 3 rings (SSSR count). The molecule has 0 saturated carbocycles. The highest BCUT2D eigenvalue weighted by Gasteiger charge is 2.32. The molecule has 1 saturated heterocycles. The molecular weight excluding hydrogens is 308 g/mol. The number of nitrogens with zero attached hydrogens (tertiary/aromatic N) is 5. The van der Waals surface area contributed by atoms with Gasteiger partial charge >= 0.3 is 5.69 Å². The van der Waals surface area contributed by atoms with Gasteiger partial charge in [-0.2, -0.15) is 4.98 Å². The second kappa shape index (κ2) is 5.94. The van der Waals surface area contributed by atoms with E-state index < -0.39 is 0 Å². The Hall–Kier alpha value is -2.35. The Bertz CT molecular complexity index is 927. The molecule has 1 fully saturated rings. The number of aryl methyl sites for hydroxylation is 1. The first-order valence-electron chi connectivity index (χ1n) is 8.13. The van der Waals surface area contributed by atoms with Gasteiger partial charge in [-0.15, -0.1) is 0 Å². The van der Waals surface area contributed by atoms with E-state index in [0.717, 1.165) is 23.1 Å². The number of rotatable bonds is 4. The lowest BCUT2D eigenvalue weighted by atomic mass is 10.0. The molecule has 0 bridgehead atoms. The summed E-state index contributed by atoms with van der Waals surface area (Å²) in [7, 11) is 3.14. The van der Waals surface area contributed by atoms with Crippen LogP contribution in [0.4, 0.5) is 5.95 Å². The zero-order valence-electron chi connectivity index (χ0n) is 14.6. The summed E-state index contributed by atoms with van der Waals surface area (Å²) < 4.78 is 4.45. The van der Waals surface area contributed by atoms with E-state index in [1.54, 1.807) is 7.05 Å². The van der Waals surface area contributed by atoms with Crippen molar-refractivity contribution in [3.63, 3.8) is 0 Å². The van der Waals surface area contributed by atoms with Crippen molar-refractivity contribution in [2.45, 2.75) is 32.9 Å². The van der Waals surface area contributed by atoms with Gasteiger partial charge in [0.05, 0.1) is 0 Å². The lowest BCUT2D eigenvalue weighted by Gasteiger charge is -2.41. The minimum absolute atomic E-state index is 0.230. The van der Waals surface area contributed by atoms with Crippen LogP contribution in [0.25, 0.3) is 11.2 Å². The third-order valence-corrected chi connectivity index (χ3v) is 4.68. The summed E-state index contributed by atoms with van der Waals surface area (Å²) in [4.78, 5) is 31.6. The van der Waals surface area contributed by atoms with Crippen molar-refractivity contribution in [3.8, 4) is 0 Å². The maximum Gasteiger partial charge on any atom is 0.332 e. The zero-order valence-corrected chi connectivity index (χ0v) is 14.6. The summed E-state index contributed by atoms with van der Waals surface area (Å²) in [5, 5.41) is 0. The van der Waals surface area contributed by atoms with Crippen LogP contribution in [0.1, 0.15) is 20.3 Å². The topological polar surface area (TPSA) is 91.1 Å². The third-order valence-electron chi connectivity index (χ3n) is 4.68. The molecule has 0 unspecified atom stereocenters. The lowest BCUT2D eigenvalue weighted by Crippen LogP contribution is -2.53. The molecule has 2 aromatic rings. The summed E-state index contributed by atoms with van der Waals surface area (Å²) in [6.07, 6.45) is 3.06. The SMILES string of the molecule is CC(C)=CCn1c(N2CC[C@H]2CN)nc2c1c(=O)n(C)c(=O)n2C. The van der Waals surface area contributed by atoms with Gasteiger partial charge in [0, 0.05) is 39.8 Å². The van der Waals surface area contributed by atoms with Crippen molar-refractivity contribution in [1.82, 2.24) is 18.7 Å². The summed E-state index contributed by atoms with van der Waals surface area (Å²) in [6.45, 7) is 5.96. The predicted octanol–water partition coefficient (Wildman–Crippen LogP) is -0.0627. The molecular formula is C16H24N6O2. The summed E-state index contributed by atoms with van der Waals surface area (Å²) >= 11 is 0. The molecule has 0 aliphatic carbocycles. The van der Waals surface area contributed by atoms with Gasteiger partial charge in [-0.1, -0.05) is 11.6 Å². The molecule has 1 atom stereocenters. The van der Waals surface area contributed by atoms with Gasteiger partial charge in [0.25, 0.3) is 5.56 Å². The van der Waals surface area contributed by atoms with Crippen LogP contribution in [0, 0.1) is 0 Å². The predicted molar refractivity (Wildman–Crippen MR) is 94.5 cm³/mol. The Morgan fingerprint density at radius 1 is 1.29 bits per heavy atom. The van der Waals surface area contributed by atoms with Crippen LogP contribution >= 0.6 is 0 Å². The van der Waals surface area contributed by atoms with Crippen molar-refractivity contribution in [2.75, 3.05) is 18.0 Å². The Kier molecular flexibility index (Phi) is 4.08. The average molecular weight is 332 g/mol. The number of hydrogen-bond acceptors (Lipinski definition) is 5. The van der Waals surface area contributed by atoms with Crippen LogP contribution in [-0.2, 0) is 20.6 Å². The van der Waals surface area contributed by atoms with Crippen molar-refractivity contribution in [2.24, 2.45) is 19.8 Å². The van der Waals surface area contributed by atoms with Crippen LogP contribution in [0.5, 0.6) is 0 Å². The maximum absolute atomic E-state index is 12.7. The average Bonchev–Trinajstić information content (AvgIpc) is 2.87. The number of hydrogen-bond donors (Lipinski definition) is 1. The Balaban J connectivity index is 2.31. The zero-order chi connectivity index (χ0) is 17.6. The second-order valence-electron chi connectivity index (χ2n) is 6.55. The highest BCUT2D eigenvalue weighted by Crippen LogP contribution is 2.27. The summed E-state index contributed by atoms with van der Waals surface area (Å²) in [5.41, 5.74) is 7.16. The quantitative estimate of drug-likeness (QED) is 0.792. The van der Waals surface area contributed by atoms with Gasteiger partial charge < -0.3 is 15.2 Å². The number of anilines is 1. The monoisotopic (exact) mass is 332 g/mol. The first kappa shape index (κ1) is 16.5. The maximum atomic E-state index is 12.7. The van der Waals surface area contributed by atoms with Crippen LogP contribution in [0.3, 0.4) is 0 Å².